The van der Waals surface area contributed by atoms with Crippen LogP contribution in [0.5, 0.6) is 5.75 Å². The highest BCUT2D eigenvalue weighted by atomic mass is 32.1. The number of esters is 1. The number of para-hydroxylation sites is 1. The number of fused-ring (bicyclic) bond motifs is 1. The fourth-order valence-corrected chi connectivity index (χ4v) is 6.68. The number of thiazole rings is 1. The molecule has 0 saturated carbocycles. The van der Waals surface area contributed by atoms with Crippen molar-refractivity contribution in [3.8, 4) is 5.75 Å². The molecule has 3 heterocycles. The first-order valence-corrected chi connectivity index (χ1v) is 16.6. The summed E-state index contributed by atoms with van der Waals surface area (Å²) in [7, 11) is 0. The minimum absolute atomic E-state index is 0.0851. The molecule has 1 saturated heterocycles. The van der Waals surface area contributed by atoms with Crippen molar-refractivity contribution in [3.05, 3.63) is 70.5 Å². The first-order chi connectivity index (χ1) is 21.2. The normalized spacial score (nSPS) is 16.5. The van der Waals surface area contributed by atoms with Gasteiger partial charge in [-0.3, -0.25) is 9.59 Å². The van der Waals surface area contributed by atoms with Crippen LogP contribution < -0.4 is 19.9 Å². The molecule has 2 aliphatic heterocycles. The van der Waals surface area contributed by atoms with E-state index in [1.54, 1.807) is 12.3 Å². The average Bonchev–Trinajstić information content (AvgIpc) is 3.41. The number of nitrogens with one attached hydrogen (secondary N) is 1. The Morgan fingerprint density at radius 2 is 1.71 bits per heavy atom. The molecule has 0 aliphatic carbocycles. The van der Waals surface area contributed by atoms with Crippen LogP contribution in [0.25, 0.3) is 0 Å². The SMILES string of the molecule is CC(C)(C)OC(=O)CCNC(=O)c1cnc(N2CCC3(CC2)CCN(Cc2ccc(C(C)(C)C)cc2)c2cccc(F)c2O3)s1. The van der Waals surface area contributed by atoms with Gasteiger partial charge in [0.15, 0.2) is 16.7 Å². The number of hydrogen-bond donors (Lipinski definition) is 1. The van der Waals surface area contributed by atoms with Crippen LogP contribution in [0.15, 0.2) is 48.7 Å². The van der Waals surface area contributed by atoms with Gasteiger partial charge in [0.1, 0.15) is 16.1 Å². The maximum atomic E-state index is 15.3. The predicted octanol–water partition coefficient (Wildman–Crippen LogP) is 6.87. The van der Waals surface area contributed by atoms with Gasteiger partial charge < -0.3 is 24.6 Å². The summed E-state index contributed by atoms with van der Waals surface area (Å²) >= 11 is 1.33. The zero-order valence-corrected chi connectivity index (χ0v) is 28.1. The Kier molecular flexibility index (Phi) is 9.44. The summed E-state index contributed by atoms with van der Waals surface area (Å²) in [4.78, 5) is 34.0. The molecule has 0 unspecified atom stereocenters. The Balaban J connectivity index is 1.20. The van der Waals surface area contributed by atoms with Crippen LogP contribution in [0.4, 0.5) is 15.2 Å². The molecule has 5 rings (SSSR count). The number of piperidine rings is 1. The molecule has 0 radical (unpaired) electrons. The van der Waals surface area contributed by atoms with Crippen LogP contribution in [0.1, 0.15) is 88.0 Å². The van der Waals surface area contributed by atoms with E-state index in [2.05, 4.69) is 65.1 Å². The third kappa shape index (κ3) is 8.14. The van der Waals surface area contributed by atoms with E-state index >= 15 is 4.39 Å². The lowest BCUT2D eigenvalue weighted by Crippen LogP contribution is -2.48. The van der Waals surface area contributed by atoms with E-state index in [0.717, 1.165) is 23.8 Å². The Labute approximate surface area is 269 Å². The fraction of sp³-hybridized carbons (Fsp3) is 0.514. The van der Waals surface area contributed by atoms with Gasteiger partial charge in [0, 0.05) is 52.0 Å². The molecule has 1 N–H and O–H groups in total. The van der Waals surface area contributed by atoms with E-state index in [1.807, 2.05) is 26.8 Å². The number of carbonyl (C=O) groups is 2. The predicted molar refractivity (Wildman–Crippen MR) is 177 cm³/mol. The summed E-state index contributed by atoms with van der Waals surface area (Å²) in [6.07, 6.45) is 3.89. The zero-order chi connectivity index (χ0) is 32.4. The number of benzene rings is 2. The van der Waals surface area contributed by atoms with E-state index in [4.69, 9.17) is 9.47 Å². The second kappa shape index (κ2) is 13.0. The molecule has 10 heteroatoms. The molecule has 45 heavy (non-hydrogen) atoms. The third-order valence-corrected chi connectivity index (χ3v) is 9.39. The van der Waals surface area contributed by atoms with Crippen molar-refractivity contribution in [2.75, 3.05) is 36.0 Å². The lowest BCUT2D eigenvalue weighted by atomic mass is 9.86. The van der Waals surface area contributed by atoms with Crippen LogP contribution >= 0.6 is 11.3 Å². The summed E-state index contributed by atoms with van der Waals surface area (Å²) in [5.74, 6) is -0.625. The van der Waals surface area contributed by atoms with Crippen molar-refractivity contribution in [2.24, 2.45) is 0 Å². The van der Waals surface area contributed by atoms with E-state index < -0.39 is 11.2 Å². The van der Waals surface area contributed by atoms with Crippen LogP contribution in [0.3, 0.4) is 0 Å². The van der Waals surface area contributed by atoms with Crippen molar-refractivity contribution in [1.29, 1.82) is 0 Å². The number of carbonyl (C=O) groups excluding carboxylic acids is 2. The molecule has 8 nitrogen and oxygen atoms in total. The number of nitrogens with zero attached hydrogens (tertiary/aromatic N) is 3. The molecule has 0 atom stereocenters. The van der Waals surface area contributed by atoms with Crippen molar-refractivity contribution in [3.63, 3.8) is 0 Å². The third-order valence-electron chi connectivity index (χ3n) is 8.33. The summed E-state index contributed by atoms with van der Waals surface area (Å²) < 4.78 is 27.2. The molecule has 2 aliphatic rings. The number of rotatable bonds is 7. The van der Waals surface area contributed by atoms with Gasteiger partial charge in [0.2, 0.25) is 0 Å². The number of hydrogen-bond acceptors (Lipinski definition) is 8. The molecule has 1 amide bonds. The molecule has 242 valence electrons. The summed E-state index contributed by atoms with van der Waals surface area (Å²) in [6.45, 7) is 15.1. The molecule has 1 aromatic heterocycles. The average molecular weight is 637 g/mol. The fourth-order valence-electron chi connectivity index (χ4n) is 5.80. The van der Waals surface area contributed by atoms with E-state index in [0.29, 0.717) is 43.1 Å². The minimum atomic E-state index is -0.557. The lowest BCUT2D eigenvalue weighted by molar-refractivity contribution is -0.154. The van der Waals surface area contributed by atoms with Gasteiger partial charge in [-0.15, -0.1) is 0 Å². The van der Waals surface area contributed by atoms with Crippen molar-refractivity contribution in [1.82, 2.24) is 10.3 Å². The molecule has 3 aromatic rings. The maximum Gasteiger partial charge on any atom is 0.308 e. The Morgan fingerprint density at radius 1 is 1.02 bits per heavy atom. The number of aromatic nitrogens is 1. The molecule has 0 bridgehead atoms. The Hall–Kier alpha value is -3.66. The lowest BCUT2D eigenvalue weighted by Gasteiger charge is -2.41. The topological polar surface area (TPSA) is 84.0 Å². The van der Waals surface area contributed by atoms with Gasteiger partial charge in [0.05, 0.1) is 18.3 Å². The summed E-state index contributed by atoms with van der Waals surface area (Å²) in [5, 5.41) is 3.55. The highest BCUT2D eigenvalue weighted by Crippen LogP contribution is 2.43. The number of halogens is 1. The van der Waals surface area contributed by atoms with Crippen LogP contribution in [-0.2, 0) is 21.5 Å². The molecular weight excluding hydrogens is 591 g/mol. The van der Waals surface area contributed by atoms with Gasteiger partial charge in [-0.25, -0.2) is 9.37 Å². The van der Waals surface area contributed by atoms with Crippen LogP contribution in [-0.4, -0.2) is 54.2 Å². The van der Waals surface area contributed by atoms with E-state index in [-0.39, 0.29) is 36.1 Å². The number of anilines is 2. The highest BCUT2D eigenvalue weighted by molar-refractivity contribution is 7.17. The molecular formula is C35H45FN4O4S. The highest BCUT2D eigenvalue weighted by Gasteiger charge is 2.41. The van der Waals surface area contributed by atoms with Gasteiger partial charge in [-0.2, -0.15) is 0 Å². The monoisotopic (exact) mass is 636 g/mol. The van der Waals surface area contributed by atoms with Gasteiger partial charge in [-0.05, 0) is 49.4 Å². The summed E-state index contributed by atoms with van der Waals surface area (Å²) in [6, 6.07) is 13.9. The number of amides is 1. The smallest absolute Gasteiger partial charge is 0.308 e. The van der Waals surface area contributed by atoms with Gasteiger partial charge >= 0.3 is 5.97 Å². The second-order valence-electron chi connectivity index (χ2n) is 14.1. The molecule has 2 aromatic carbocycles. The van der Waals surface area contributed by atoms with Crippen molar-refractivity contribution >= 4 is 34.0 Å². The largest absolute Gasteiger partial charge is 0.482 e. The van der Waals surface area contributed by atoms with Crippen molar-refractivity contribution < 1.29 is 23.5 Å². The Morgan fingerprint density at radius 3 is 2.38 bits per heavy atom. The summed E-state index contributed by atoms with van der Waals surface area (Å²) in [5.41, 5.74) is 2.29. The van der Waals surface area contributed by atoms with Gasteiger partial charge in [0.25, 0.3) is 5.91 Å². The van der Waals surface area contributed by atoms with E-state index in [9.17, 15) is 9.59 Å². The maximum absolute atomic E-state index is 15.3. The second-order valence-corrected chi connectivity index (χ2v) is 15.1. The minimum Gasteiger partial charge on any atom is -0.482 e. The quantitative estimate of drug-likeness (QED) is 0.284. The zero-order valence-electron chi connectivity index (χ0n) is 27.2. The van der Waals surface area contributed by atoms with Crippen LogP contribution in [0, 0.1) is 5.82 Å². The van der Waals surface area contributed by atoms with Crippen LogP contribution in [0.2, 0.25) is 0 Å². The Bertz CT molecular complexity index is 1500. The van der Waals surface area contributed by atoms with Crippen molar-refractivity contribution in [2.45, 2.75) is 90.4 Å². The first kappa shape index (κ1) is 32.7. The number of ether oxygens (including phenoxy) is 2. The van der Waals surface area contributed by atoms with Gasteiger partial charge in [-0.1, -0.05) is 62.4 Å². The molecule has 1 spiro atoms. The van der Waals surface area contributed by atoms with E-state index in [1.165, 1.54) is 28.5 Å². The standard InChI is InChI=1S/C35H45FN4O4S/c1-33(2,3)25-12-10-24(11-13-25)23-40-21-17-35(44-30-26(36)8-7-9-27(30)40)15-19-39(20-16-35)32-38-22-28(45-32)31(42)37-18-14-29(41)43-34(4,5)6/h7-13,22H,14-21,23H2,1-6H3,(H,37,42). The molecule has 1 fully saturated rings. The first-order valence-electron chi connectivity index (χ1n) is 15.7.